The Morgan fingerprint density at radius 3 is 2.47 bits per heavy atom. The van der Waals surface area contributed by atoms with E-state index in [1.807, 2.05) is 30.3 Å². The number of ether oxygens (including phenoxy) is 1. The predicted octanol–water partition coefficient (Wildman–Crippen LogP) is 1.57. The second kappa shape index (κ2) is 6.89. The molecule has 0 aliphatic heterocycles. The van der Waals surface area contributed by atoms with Gasteiger partial charge in [-0.25, -0.2) is 0 Å². The van der Waals surface area contributed by atoms with Crippen LogP contribution >= 0.6 is 0 Å². The third-order valence-electron chi connectivity index (χ3n) is 2.42. The van der Waals surface area contributed by atoms with Crippen molar-refractivity contribution in [2.45, 2.75) is 32.4 Å². The van der Waals surface area contributed by atoms with Crippen molar-refractivity contribution in [3.05, 3.63) is 35.9 Å². The number of benzene rings is 1. The van der Waals surface area contributed by atoms with Gasteiger partial charge in [-0.3, -0.25) is 9.59 Å². The van der Waals surface area contributed by atoms with Crippen LogP contribution in [-0.2, 0) is 20.9 Å². The molecule has 0 fully saturated rings. The topological polar surface area (TPSA) is 75.6 Å². The first-order chi connectivity index (χ1) is 8.89. The largest absolute Gasteiger partial charge is 0.481 e. The lowest BCUT2D eigenvalue weighted by Gasteiger charge is -2.24. The number of carboxylic acids is 1. The summed E-state index contributed by atoms with van der Waals surface area (Å²) in [6, 6.07) is 9.52. The first kappa shape index (κ1) is 15.2. The zero-order valence-corrected chi connectivity index (χ0v) is 11.2. The average Bonchev–Trinajstić information content (AvgIpc) is 2.27. The van der Waals surface area contributed by atoms with Gasteiger partial charge in [0, 0.05) is 5.54 Å². The molecule has 5 heteroatoms. The van der Waals surface area contributed by atoms with Crippen LogP contribution in [0.5, 0.6) is 0 Å². The van der Waals surface area contributed by atoms with E-state index in [9.17, 15) is 9.59 Å². The Kier molecular flexibility index (Phi) is 5.51. The van der Waals surface area contributed by atoms with E-state index in [1.54, 1.807) is 13.8 Å². The number of hydrogen-bond acceptors (Lipinski definition) is 3. The number of carbonyl (C=O) groups is 2. The van der Waals surface area contributed by atoms with Crippen molar-refractivity contribution in [1.29, 1.82) is 0 Å². The molecule has 0 heterocycles. The highest BCUT2D eigenvalue weighted by molar-refractivity contribution is 5.79. The lowest BCUT2D eigenvalue weighted by Crippen LogP contribution is -2.46. The second-order valence-corrected chi connectivity index (χ2v) is 4.98. The van der Waals surface area contributed by atoms with Gasteiger partial charge in [0.2, 0.25) is 5.91 Å². The molecule has 2 N–H and O–H groups in total. The number of rotatable bonds is 7. The van der Waals surface area contributed by atoms with Crippen LogP contribution in [0.15, 0.2) is 30.3 Å². The summed E-state index contributed by atoms with van der Waals surface area (Å²) in [4.78, 5) is 22.2. The van der Waals surface area contributed by atoms with Crippen LogP contribution in [0.4, 0.5) is 0 Å². The van der Waals surface area contributed by atoms with Gasteiger partial charge in [-0.15, -0.1) is 0 Å². The van der Waals surface area contributed by atoms with Gasteiger partial charge in [0.15, 0.2) is 0 Å². The monoisotopic (exact) mass is 265 g/mol. The van der Waals surface area contributed by atoms with Gasteiger partial charge >= 0.3 is 5.97 Å². The standard InChI is InChI=1S/C14H19NO4/c1-14(2,8-13(17)18)15-12(16)10-19-9-11-6-4-3-5-7-11/h3-7H,8-10H2,1-2H3,(H,15,16)(H,17,18). The third-order valence-corrected chi connectivity index (χ3v) is 2.42. The van der Waals surface area contributed by atoms with Crippen molar-refractivity contribution >= 4 is 11.9 Å². The van der Waals surface area contributed by atoms with E-state index < -0.39 is 11.5 Å². The molecular formula is C14H19NO4. The summed E-state index contributed by atoms with van der Waals surface area (Å²) in [6.45, 7) is 3.60. The van der Waals surface area contributed by atoms with Crippen molar-refractivity contribution in [3.8, 4) is 0 Å². The quantitative estimate of drug-likeness (QED) is 0.784. The van der Waals surface area contributed by atoms with Crippen LogP contribution < -0.4 is 5.32 Å². The molecule has 5 nitrogen and oxygen atoms in total. The summed E-state index contributed by atoms with van der Waals surface area (Å²) in [6.07, 6.45) is -0.128. The van der Waals surface area contributed by atoms with Crippen LogP contribution in [-0.4, -0.2) is 29.1 Å². The molecule has 0 atom stereocenters. The minimum Gasteiger partial charge on any atom is -0.481 e. The zero-order chi connectivity index (χ0) is 14.3. The average molecular weight is 265 g/mol. The van der Waals surface area contributed by atoms with E-state index >= 15 is 0 Å². The summed E-state index contributed by atoms with van der Waals surface area (Å²) in [5, 5.41) is 11.3. The zero-order valence-electron chi connectivity index (χ0n) is 11.2. The van der Waals surface area contributed by atoms with Gasteiger partial charge in [-0.05, 0) is 19.4 Å². The summed E-state index contributed by atoms with van der Waals surface area (Å²) in [5.41, 5.74) is 0.207. The van der Waals surface area contributed by atoms with Gasteiger partial charge in [0.1, 0.15) is 6.61 Å². The summed E-state index contributed by atoms with van der Waals surface area (Å²) >= 11 is 0. The van der Waals surface area contributed by atoms with Crippen LogP contribution in [0.3, 0.4) is 0 Å². The highest BCUT2D eigenvalue weighted by Crippen LogP contribution is 2.08. The molecule has 1 amide bonds. The molecule has 19 heavy (non-hydrogen) atoms. The highest BCUT2D eigenvalue weighted by Gasteiger charge is 2.23. The van der Waals surface area contributed by atoms with Gasteiger partial charge in [-0.1, -0.05) is 30.3 Å². The number of amides is 1. The molecule has 0 bridgehead atoms. The van der Waals surface area contributed by atoms with E-state index in [-0.39, 0.29) is 18.9 Å². The van der Waals surface area contributed by atoms with E-state index in [2.05, 4.69) is 5.32 Å². The highest BCUT2D eigenvalue weighted by atomic mass is 16.5. The van der Waals surface area contributed by atoms with Gasteiger partial charge in [-0.2, -0.15) is 0 Å². The first-order valence-corrected chi connectivity index (χ1v) is 6.03. The van der Waals surface area contributed by atoms with Crippen molar-refractivity contribution in [2.24, 2.45) is 0 Å². The van der Waals surface area contributed by atoms with E-state index in [0.29, 0.717) is 6.61 Å². The maximum Gasteiger partial charge on any atom is 0.305 e. The Hall–Kier alpha value is -1.88. The van der Waals surface area contributed by atoms with Crippen LogP contribution in [0.2, 0.25) is 0 Å². The molecule has 0 spiro atoms. The Bertz CT molecular complexity index is 428. The minimum atomic E-state index is -0.949. The Balaban J connectivity index is 2.30. The fraction of sp³-hybridized carbons (Fsp3) is 0.429. The molecule has 0 radical (unpaired) electrons. The van der Waals surface area contributed by atoms with Gasteiger partial charge in [0.05, 0.1) is 13.0 Å². The van der Waals surface area contributed by atoms with Crippen molar-refractivity contribution < 1.29 is 19.4 Å². The second-order valence-electron chi connectivity index (χ2n) is 4.98. The van der Waals surface area contributed by atoms with Gasteiger partial charge in [0.25, 0.3) is 0 Å². The SMILES string of the molecule is CC(C)(CC(=O)O)NC(=O)COCc1ccccc1. The fourth-order valence-corrected chi connectivity index (χ4v) is 1.67. The molecule has 1 aromatic rings. The number of carboxylic acid groups (broad SMARTS) is 1. The molecule has 1 aromatic carbocycles. The molecule has 0 unspecified atom stereocenters. The number of nitrogens with one attached hydrogen (secondary N) is 1. The van der Waals surface area contributed by atoms with E-state index in [4.69, 9.17) is 9.84 Å². The van der Waals surface area contributed by atoms with Crippen LogP contribution in [0.1, 0.15) is 25.8 Å². The molecule has 0 aliphatic rings. The molecule has 0 aliphatic carbocycles. The Morgan fingerprint density at radius 2 is 1.89 bits per heavy atom. The molecule has 0 saturated carbocycles. The lowest BCUT2D eigenvalue weighted by atomic mass is 10.0. The van der Waals surface area contributed by atoms with Crippen LogP contribution in [0, 0.1) is 0 Å². The normalized spacial score (nSPS) is 11.1. The lowest BCUT2D eigenvalue weighted by molar-refractivity contribution is -0.139. The predicted molar refractivity (Wildman–Crippen MR) is 70.6 cm³/mol. The Labute approximate surface area is 112 Å². The number of aliphatic carboxylic acids is 1. The van der Waals surface area contributed by atoms with Crippen LogP contribution in [0.25, 0.3) is 0 Å². The van der Waals surface area contributed by atoms with Gasteiger partial charge < -0.3 is 15.2 Å². The Morgan fingerprint density at radius 1 is 1.26 bits per heavy atom. The summed E-state index contributed by atoms with van der Waals surface area (Å²) < 4.78 is 5.27. The maximum absolute atomic E-state index is 11.6. The fourth-order valence-electron chi connectivity index (χ4n) is 1.67. The number of carbonyl (C=O) groups excluding carboxylic acids is 1. The van der Waals surface area contributed by atoms with Crippen molar-refractivity contribution in [3.63, 3.8) is 0 Å². The minimum absolute atomic E-state index is 0.0854. The first-order valence-electron chi connectivity index (χ1n) is 6.03. The van der Waals surface area contributed by atoms with Crippen molar-refractivity contribution in [2.75, 3.05) is 6.61 Å². The molecule has 104 valence electrons. The summed E-state index contributed by atoms with van der Waals surface area (Å²) in [7, 11) is 0. The number of hydrogen-bond donors (Lipinski definition) is 2. The smallest absolute Gasteiger partial charge is 0.305 e. The van der Waals surface area contributed by atoms with E-state index in [0.717, 1.165) is 5.56 Å². The van der Waals surface area contributed by atoms with E-state index in [1.165, 1.54) is 0 Å². The molecule has 0 saturated heterocycles. The molecule has 0 aromatic heterocycles. The van der Waals surface area contributed by atoms with Crippen molar-refractivity contribution in [1.82, 2.24) is 5.32 Å². The molecule has 1 rings (SSSR count). The maximum atomic E-state index is 11.6. The summed E-state index contributed by atoms with van der Waals surface area (Å²) in [5.74, 6) is -1.27. The third kappa shape index (κ3) is 6.57. The molecular weight excluding hydrogens is 246 g/mol.